The van der Waals surface area contributed by atoms with Crippen molar-refractivity contribution >= 4 is 11.5 Å². The number of carbonyl (C=O) groups is 1. The summed E-state index contributed by atoms with van der Waals surface area (Å²) in [5.74, 6) is 0.607. The van der Waals surface area contributed by atoms with E-state index < -0.39 is 11.7 Å². The van der Waals surface area contributed by atoms with Gasteiger partial charge < -0.3 is 14.8 Å². The fraction of sp³-hybridized carbons (Fsp3) is 0.235. The molecule has 0 spiro atoms. The Balaban J connectivity index is 2.08. The zero-order chi connectivity index (χ0) is 17.7. The molecule has 0 aliphatic rings. The molecule has 0 unspecified atom stereocenters. The molecule has 0 fully saturated rings. The molecule has 1 N–H and O–H groups in total. The van der Waals surface area contributed by atoms with Crippen LogP contribution in [0.4, 0.5) is 18.9 Å². The third kappa shape index (κ3) is 4.18. The molecule has 7 heteroatoms. The number of nitrogens with one attached hydrogen (secondary N) is 1. The summed E-state index contributed by atoms with van der Waals surface area (Å²) in [6.45, 7) is -0.142. The third-order valence-corrected chi connectivity index (χ3v) is 3.35. The molecule has 0 heterocycles. The molecule has 2 rings (SSSR count). The molecular weight excluding hydrogens is 323 g/mol. The molecule has 128 valence electrons. The lowest BCUT2D eigenvalue weighted by Gasteiger charge is -2.11. The summed E-state index contributed by atoms with van der Waals surface area (Å²) >= 11 is 0. The lowest BCUT2D eigenvalue weighted by Crippen LogP contribution is -2.15. The van der Waals surface area contributed by atoms with Gasteiger partial charge in [0.2, 0.25) is 0 Å². The maximum absolute atomic E-state index is 12.7. The number of carbonyl (C=O) groups excluding carboxylic acids is 1. The lowest BCUT2D eigenvalue weighted by molar-refractivity contribution is -0.137. The van der Waals surface area contributed by atoms with E-state index in [-0.39, 0.29) is 18.0 Å². The highest BCUT2D eigenvalue weighted by Gasteiger charge is 2.30. The molecule has 0 aromatic heterocycles. The Kier molecular flexibility index (Phi) is 5.33. The fourth-order valence-corrected chi connectivity index (χ4v) is 2.10. The Hall–Kier alpha value is -2.70. The van der Waals surface area contributed by atoms with E-state index in [1.807, 2.05) is 0 Å². The first-order valence-corrected chi connectivity index (χ1v) is 7.01. The first-order valence-electron chi connectivity index (χ1n) is 7.01. The lowest BCUT2D eigenvalue weighted by atomic mass is 10.1. The quantitative estimate of drug-likeness (QED) is 0.808. The van der Waals surface area contributed by atoms with Crippen LogP contribution in [0.3, 0.4) is 0 Å². The standard InChI is InChI=1S/C17H16F3NO3/c1-23-15-7-6-11(8-16(15)24-2)14(22)10-21-13-5-3-4-12(9-13)17(18,19)20/h3-9,21H,10H2,1-2H3. The van der Waals surface area contributed by atoms with Crippen molar-refractivity contribution in [3.8, 4) is 11.5 Å². The van der Waals surface area contributed by atoms with Gasteiger partial charge in [0.25, 0.3) is 0 Å². The molecule has 0 saturated carbocycles. The molecule has 0 saturated heterocycles. The third-order valence-electron chi connectivity index (χ3n) is 3.35. The van der Waals surface area contributed by atoms with Gasteiger partial charge >= 0.3 is 6.18 Å². The smallest absolute Gasteiger partial charge is 0.416 e. The Morgan fingerprint density at radius 3 is 2.38 bits per heavy atom. The van der Waals surface area contributed by atoms with E-state index in [4.69, 9.17) is 9.47 Å². The van der Waals surface area contributed by atoms with Crippen LogP contribution < -0.4 is 14.8 Å². The van der Waals surface area contributed by atoms with E-state index in [1.165, 1.54) is 32.4 Å². The number of methoxy groups -OCH3 is 2. The summed E-state index contributed by atoms with van der Waals surface area (Å²) in [4.78, 5) is 12.2. The van der Waals surface area contributed by atoms with Gasteiger partial charge in [-0.2, -0.15) is 13.2 Å². The summed E-state index contributed by atoms with van der Waals surface area (Å²) in [5.41, 5.74) is -0.183. The second-order valence-corrected chi connectivity index (χ2v) is 4.93. The van der Waals surface area contributed by atoms with Crippen LogP contribution in [0.2, 0.25) is 0 Å². The van der Waals surface area contributed by atoms with Gasteiger partial charge in [0.15, 0.2) is 17.3 Å². The van der Waals surface area contributed by atoms with Crippen LogP contribution in [-0.4, -0.2) is 26.5 Å². The molecule has 2 aromatic rings. The van der Waals surface area contributed by atoms with Gasteiger partial charge in [0.1, 0.15) is 0 Å². The maximum atomic E-state index is 12.7. The number of ether oxygens (including phenoxy) is 2. The Morgan fingerprint density at radius 2 is 1.75 bits per heavy atom. The van der Waals surface area contributed by atoms with Crippen LogP contribution in [0.1, 0.15) is 15.9 Å². The van der Waals surface area contributed by atoms with E-state index >= 15 is 0 Å². The number of rotatable bonds is 6. The predicted octanol–water partition coefficient (Wildman–Crippen LogP) is 4.02. The number of halogens is 3. The predicted molar refractivity (Wildman–Crippen MR) is 83.8 cm³/mol. The summed E-state index contributed by atoms with van der Waals surface area (Å²) < 4.78 is 48.2. The maximum Gasteiger partial charge on any atom is 0.416 e. The highest BCUT2D eigenvalue weighted by Crippen LogP contribution is 2.31. The van der Waals surface area contributed by atoms with E-state index in [0.29, 0.717) is 17.1 Å². The normalized spacial score (nSPS) is 11.0. The van der Waals surface area contributed by atoms with Crippen molar-refractivity contribution in [2.24, 2.45) is 0 Å². The summed E-state index contributed by atoms with van der Waals surface area (Å²) in [6.07, 6.45) is -4.43. The van der Waals surface area contributed by atoms with Gasteiger partial charge in [-0.15, -0.1) is 0 Å². The van der Waals surface area contributed by atoms with E-state index in [0.717, 1.165) is 12.1 Å². The number of alkyl halides is 3. The minimum absolute atomic E-state index is 0.142. The van der Waals surface area contributed by atoms with Crippen molar-refractivity contribution in [3.05, 3.63) is 53.6 Å². The second-order valence-electron chi connectivity index (χ2n) is 4.93. The molecule has 0 radical (unpaired) electrons. The van der Waals surface area contributed by atoms with Crippen LogP contribution in [0.5, 0.6) is 11.5 Å². The van der Waals surface area contributed by atoms with Gasteiger partial charge in [-0.1, -0.05) is 6.07 Å². The van der Waals surface area contributed by atoms with E-state index in [2.05, 4.69) is 5.32 Å². The molecular formula is C17H16F3NO3. The average molecular weight is 339 g/mol. The number of ketones is 1. The zero-order valence-electron chi connectivity index (χ0n) is 13.1. The van der Waals surface area contributed by atoms with Crippen molar-refractivity contribution in [1.82, 2.24) is 0 Å². The van der Waals surface area contributed by atoms with Crippen molar-refractivity contribution in [1.29, 1.82) is 0 Å². The van der Waals surface area contributed by atoms with Crippen LogP contribution in [0.25, 0.3) is 0 Å². The molecule has 4 nitrogen and oxygen atoms in total. The minimum Gasteiger partial charge on any atom is -0.493 e. The number of hydrogen-bond donors (Lipinski definition) is 1. The van der Waals surface area contributed by atoms with Crippen molar-refractivity contribution in [2.45, 2.75) is 6.18 Å². The summed E-state index contributed by atoms with van der Waals surface area (Å²) in [7, 11) is 2.93. The van der Waals surface area contributed by atoms with Crippen LogP contribution in [-0.2, 0) is 6.18 Å². The van der Waals surface area contributed by atoms with Crippen molar-refractivity contribution in [3.63, 3.8) is 0 Å². The zero-order valence-corrected chi connectivity index (χ0v) is 13.1. The molecule has 2 aromatic carbocycles. The monoisotopic (exact) mass is 339 g/mol. The SMILES string of the molecule is COc1ccc(C(=O)CNc2cccc(C(F)(F)F)c2)cc1OC. The summed E-state index contributed by atoms with van der Waals surface area (Å²) in [6, 6.07) is 9.37. The van der Waals surface area contributed by atoms with E-state index in [1.54, 1.807) is 12.1 Å². The fourth-order valence-electron chi connectivity index (χ4n) is 2.10. The summed E-state index contributed by atoms with van der Waals surface area (Å²) in [5, 5.41) is 2.70. The van der Waals surface area contributed by atoms with Gasteiger partial charge in [0, 0.05) is 11.3 Å². The average Bonchev–Trinajstić information content (AvgIpc) is 2.58. The van der Waals surface area contributed by atoms with Crippen LogP contribution in [0, 0.1) is 0 Å². The van der Waals surface area contributed by atoms with Crippen molar-refractivity contribution < 1.29 is 27.4 Å². The second kappa shape index (κ2) is 7.25. The molecule has 0 bridgehead atoms. The molecule has 0 aliphatic heterocycles. The number of benzene rings is 2. The number of anilines is 1. The highest BCUT2D eigenvalue weighted by atomic mass is 19.4. The topological polar surface area (TPSA) is 47.6 Å². The molecule has 0 amide bonds. The minimum atomic E-state index is -4.43. The Labute approximate surface area is 137 Å². The van der Waals surface area contributed by atoms with Gasteiger partial charge in [-0.3, -0.25) is 4.79 Å². The highest BCUT2D eigenvalue weighted by molar-refractivity contribution is 5.99. The molecule has 0 aliphatic carbocycles. The van der Waals surface area contributed by atoms with Gasteiger partial charge in [-0.05, 0) is 36.4 Å². The van der Waals surface area contributed by atoms with Crippen LogP contribution in [0.15, 0.2) is 42.5 Å². The van der Waals surface area contributed by atoms with Crippen molar-refractivity contribution in [2.75, 3.05) is 26.1 Å². The van der Waals surface area contributed by atoms with Gasteiger partial charge in [-0.25, -0.2) is 0 Å². The Bertz CT molecular complexity index is 729. The number of hydrogen-bond acceptors (Lipinski definition) is 4. The Morgan fingerprint density at radius 1 is 1.04 bits per heavy atom. The first-order chi connectivity index (χ1) is 11.3. The molecule has 24 heavy (non-hydrogen) atoms. The number of Topliss-reactive ketones (excluding diaryl/α,β-unsaturated/α-hetero) is 1. The first kappa shape index (κ1) is 17.7. The molecule has 0 atom stereocenters. The van der Waals surface area contributed by atoms with E-state index in [9.17, 15) is 18.0 Å². The van der Waals surface area contributed by atoms with Crippen LogP contribution >= 0.6 is 0 Å². The van der Waals surface area contributed by atoms with Gasteiger partial charge in [0.05, 0.1) is 26.3 Å². The largest absolute Gasteiger partial charge is 0.493 e.